The number of nitrogens with one attached hydrogen (secondary N) is 1. The smallest absolute Gasteiger partial charge is 0.254 e. The Morgan fingerprint density at radius 1 is 1.18 bits per heavy atom. The topological polar surface area (TPSA) is 141 Å². The number of amides is 2. The van der Waals surface area contributed by atoms with Crippen LogP contribution < -0.4 is 11.1 Å². The zero-order valence-corrected chi connectivity index (χ0v) is 19.0. The average Bonchev–Trinajstić information content (AvgIpc) is 3.16. The van der Waals surface area contributed by atoms with E-state index in [1.165, 1.54) is 24.5 Å². The summed E-state index contributed by atoms with van der Waals surface area (Å²) >= 11 is 1.26. The van der Waals surface area contributed by atoms with Gasteiger partial charge in [-0.25, -0.2) is 15.0 Å². The van der Waals surface area contributed by atoms with Gasteiger partial charge < -0.3 is 20.9 Å². The van der Waals surface area contributed by atoms with E-state index >= 15 is 0 Å². The van der Waals surface area contributed by atoms with Crippen LogP contribution >= 0.6 is 11.3 Å². The van der Waals surface area contributed by atoms with Crippen molar-refractivity contribution in [1.29, 1.82) is 5.26 Å². The van der Waals surface area contributed by atoms with E-state index in [-0.39, 0.29) is 17.8 Å². The number of thiazole rings is 1. The second-order valence-corrected chi connectivity index (χ2v) is 8.57. The minimum absolute atomic E-state index is 0.0197. The molecular formula is C22H22N8O2S. The molecule has 3 heterocycles. The van der Waals surface area contributed by atoms with Gasteiger partial charge >= 0.3 is 0 Å². The van der Waals surface area contributed by atoms with E-state index in [4.69, 9.17) is 5.73 Å². The van der Waals surface area contributed by atoms with E-state index in [0.717, 1.165) is 0 Å². The number of rotatable bonds is 4. The molecule has 1 aliphatic rings. The molecule has 3 N–H and O–H groups in total. The average molecular weight is 463 g/mol. The molecule has 0 unspecified atom stereocenters. The fourth-order valence-corrected chi connectivity index (χ4v) is 4.44. The standard InChI is InChI=1S/C22H22N8O2S/c1-13-19(33-21(24)26-13)18-16(11-23)12-25-22(28-18)27-17-5-3-4-15(10-17)20(32)30-8-6-29(7-9-30)14(2)31/h3-5,10,12H,6-9H2,1-2H3,(H2,24,26)(H,25,27,28). The van der Waals surface area contributed by atoms with Crippen LogP contribution in [0.4, 0.5) is 16.8 Å². The Balaban J connectivity index is 1.54. The summed E-state index contributed by atoms with van der Waals surface area (Å²) in [7, 11) is 0. The molecule has 2 aromatic heterocycles. The van der Waals surface area contributed by atoms with Crippen molar-refractivity contribution >= 4 is 39.9 Å². The lowest BCUT2D eigenvalue weighted by atomic mass is 10.1. The first-order valence-electron chi connectivity index (χ1n) is 10.3. The number of benzene rings is 1. The van der Waals surface area contributed by atoms with Crippen LogP contribution in [0.1, 0.15) is 28.5 Å². The van der Waals surface area contributed by atoms with Crippen molar-refractivity contribution in [2.75, 3.05) is 37.2 Å². The third-order valence-electron chi connectivity index (χ3n) is 5.32. The van der Waals surface area contributed by atoms with Crippen LogP contribution in [-0.2, 0) is 4.79 Å². The number of aryl methyl sites for hydroxylation is 1. The molecule has 168 valence electrons. The molecule has 1 aliphatic heterocycles. The summed E-state index contributed by atoms with van der Waals surface area (Å²) in [6, 6.07) is 9.17. The zero-order chi connectivity index (χ0) is 23.5. The van der Waals surface area contributed by atoms with Crippen LogP contribution in [0.15, 0.2) is 30.5 Å². The van der Waals surface area contributed by atoms with Gasteiger partial charge in [0.25, 0.3) is 5.91 Å². The first-order valence-corrected chi connectivity index (χ1v) is 11.1. The molecular weight excluding hydrogens is 440 g/mol. The third kappa shape index (κ3) is 4.75. The summed E-state index contributed by atoms with van der Waals surface area (Å²) < 4.78 is 0. The molecule has 4 rings (SSSR count). The molecule has 3 aromatic rings. The summed E-state index contributed by atoms with van der Waals surface area (Å²) in [5.41, 5.74) is 8.44. The summed E-state index contributed by atoms with van der Waals surface area (Å²) in [6.07, 6.45) is 1.45. The van der Waals surface area contributed by atoms with Crippen molar-refractivity contribution in [1.82, 2.24) is 24.8 Å². The van der Waals surface area contributed by atoms with Gasteiger partial charge in [0, 0.05) is 44.4 Å². The quantitative estimate of drug-likeness (QED) is 0.602. The third-order valence-corrected chi connectivity index (χ3v) is 6.31. The van der Waals surface area contributed by atoms with Gasteiger partial charge in [-0.15, -0.1) is 0 Å². The minimum Gasteiger partial charge on any atom is -0.375 e. The predicted molar refractivity (Wildman–Crippen MR) is 125 cm³/mol. The van der Waals surface area contributed by atoms with E-state index in [1.807, 2.05) is 13.0 Å². The van der Waals surface area contributed by atoms with Gasteiger partial charge in [0.15, 0.2) is 5.13 Å². The largest absolute Gasteiger partial charge is 0.375 e. The normalized spacial score (nSPS) is 13.5. The molecule has 1 aromatic carbocycles. The molecule has 10 nitrogen and oxygen atoms in total. The highest BCUT2D eigenvalue weighted by Crippen LogP contribution is 2.32. The first kappa shape index (κ1) is 22.2. The maximum absolute atomic E-state index is 13.0. The second-order valence-electron chi connectivity index (χ2n) is 7.54. The molecule has 0 saturated carbocycles. The van der Waals surface area contributed by atoms with Crippen LogP contribution in [0.2, 0.25) is 0 Å². The predicted octanol–water partition coefficient (Wildman–Crippen LogP) is 2.41. The fraction of sp³-hybridized carbons (Fsp3) is 0.273. The van der Waals surface area contributed by atoms with Gasteiger partial charge in [0.05, 0.1) is 22.3 Å². The number of anilines is 3. The summed E-state index contributed by atoms with van der Waals surface area (Å²) in [5.74, 6) is 0.209. The number of nitriles is 1. The van der Waals surface area contributed by atoms with Crippen LogP contribution in [-0.4, -0.2) is 62.7 Å². The van der Waals surface area contributed by atoms with Gasteiger partial charge in [-0.3, -0.25) is 9.59 Å². The van der Waals surface area contributed by atoms with Gasteiger partial charge in [-0.2, -0.15) is 5.26 Å². The Hall–Kier alpha value is -4.04. The molecule has 1 fully saturated rings. The van der Waals surface area contributed by atoms with E-state index < -0.39 is 0 Å². The molecule has 0 spiro atoms. The lowest BCUT2D eigenvalue weighted by Crippen LogP contribution is -2.50. The van der Waals surface area contributed by atoms with Crippen molar-refractivity contribution in [2.24, 2.45) is 0 Å². The molecule has 33 heavy (non-hydrogen) atoms. The number of nitrogens with two attached hydrogens (primary N) is 1. The van der Waals surface area contributed by atoms with Crippen LogP contribution in [0.25, 0.3) is 10.6 Å². The molecule has 0 atom stereocenters. The highest BCUT2D eigenvalue weighted by Gasteiger charge is 2.23. The second kappa shape index (κ2) is 9.22. The number of carbonyl (C=O) groups excluding carboxylic acids is 2. The minimum atomic E-state index is -0.0981. The molecule has 2 amide bonds. The monoisotopic (exact) mass is 462 g/mol. The highest BCUT2D eigenvalue weighted by molar-refractivity contribution is 7.18. The number of nitrogen functional groups attached to an aromatic ring is 1. The van der Waals surface area contributed by atoms with E-state index in [2.05, 4.69) is 26.3 Å². The van der Waals surface area contributed by atoms with Crippen molar-refractivity contribution in [2.45, 2.75) is 13.8 Å². The number of hydrogen-bond acceptors (Lipinski definition) is 9. The summed E-state index contributed by atoms with van der Waals surface area (Å²) in [6.45, 7) is 5.40. The Labute approximate surface area is 194 Å². The van der Waals surface area contributed by atoms with Gasteiger partial charge in [0.2, 0.25) is 11.9 Å². The summed E-state index contributed by atoms with van der Waals surface area (Å²) in [4.78, 5) is 41.6. The number of nitrogens with zero attached hydrogens (tertiary/aromatic N) is 6. The maximum atomic E-state index is 13.0. The molecule has 11 heteroatoms. The first-order chi connectivity index (χ1) is 15.9. The Bertz CT molecular complexity index is 1260. The molecule has 0 aliphatic carbocycles. The Morgan fingerprint density at radius 2 is 1.91 bits per heavy atom. The fourth-order valence-electron chi connectivity index (χ4n) is 3.60. The van der Waals surface area contributed by atoms with Gasteiger partial charge in [-0.1, -0.05) is 17.4 Å². The molecule has 0 radical (unpaired) electrons. The Morgan fingerprint density at radius 3 is 2.55 bits per heavy atom. The number of aromatic nitrogens is 3. The molecule has 0 bridgehead atoms. The molecule has 1 saturated heterocycles. The van der Waals surface area contributed by atoms with Crippen LogP contribution in [0.3, 0.4) is 0 Å². The summed E-state index contributed by atoms with van der Waals surface area (Å²) in [5, 5.41) is 13.0. The van der Waals surface area contributed by atoms with Crippen molar-refractivity contribution in [3.8, 4) is 16.6 Å². The number of piperazine rings is 1. The van der Waals surface area contributed by atoms with E-state index in [1.54, 1.807) is 28.0 Å². The van der Waals surface area contributed by atoms with Crippen LogP contribution in [0, 0.1) is 18.3 Å². The Kier molecular flexibility index (Phi) is 6.19. The zero-order valence-electron chi connectivity index (χ0n) is 18.2. The lowest BCUT2D eigenvalue weighted by molar-refractivity contribution is -0.130. The maximum Gasteiger partial charge on any atom is 0.254 e. The van der Waals surface area contributed by atoms with E-state index in [0.29, 0.717) is 64.4 Å². The van der Waals surface area contributed by atoms with Gasteiger partial charge in [-0.05, 0) is 25.1 Å². The SMILES string of the molecule is CC(=O)N1CCN(C(=O)c2cccc(Nc3ncc(C#N)c(-c4sc(N)nc4C)n3)c2)CC1. The van der Waals surface area contributed by atoms with Gasteiger partial charge in [0.1, 0.15) is 11.8 Å². The van der Waals surface area contributed by atoms with Crippen molar-refractivity contribution < 1.29 is 9.59 Å². The van der Waals surface area contributed by atoms with Crippen molar-refractivity contribution in [3.05, 3.63) is 47.3 Å². The lowest BCUT2D eigenvalue weighted by Gasteiger charge is -2.34. The van der Waals surface area contributed by atoms with Crippen molar-refractivity contribution in [3.63, 3.8) is 0 Å². The van der Waals surface area contributed by atoms with Crippen LogP contribution in [0.5, 0.6) is 0 Å². The van der Waals surface area contributed by atoms with E-state index in [9.17, 15) is 14.9 Å². The highest BCUT2D eigenvalue weighted by atomic mass is 32.1. The number of hydrogen-bond donors (Lipinski definition) is 2. The number of carbonyl (C=O) groups is 2.